The van der Waals surface area contributed by atoms with Crippen LogP contribution in [0.4, 0.5) is 0 Å². The van der Waals surface area contributed by atoms with Crippen molar-refractivity contribution in [2.24, 2.45) is 16.8 Å². The molecule has 2 saturated heterocycles. The summed E-state index contributed by atoms with van der Waals surface area (Å²) in [5, 5.41) is 7.64. The molecule has 2 aliphatic rings. The van der Waals surface area contributed by atoms with Gasteiger partial charge < -0.3 is 20.3 Å². The first kappa shape index (κ1) is 24.4. The van der Waals surface area contributed by atoms with Crippen LogP contribution in [0, 0.1) is 11.8 Å². The van der Waals surface area contributed by atoms with Gasteiger partial charge in [-0.25, -0.2) is 0 Å². The largest absolute Gasteiger partial charge is 0.381 e. The van der Waals surface area contributed by atoms with E-state index in [9.17, 15) is 0 Å². The van der Waals surface area contributed by atoms with Gasteiger partial charge >= 0.3 is 0 Å². The molecule has 3 atom stereocenters. The first-order chi connectivity index (χ1) is 13.5. The van der Waals surface area contributed by atoms with E-state index >= 15 is 0 Å². The monoisotopic (exact) mass is 514 g/mol. The lowest BCUT2D eigenvalue weighted by atomic mass is 9.88. The van der Waals surface area contributed by atoms with Crippen molar-refractivity contribution in [2.45, 2.75) is 51.6 Å². The molecule has 0 amide bonds. The Morgan fingerprint density at radius 3 is 2.38 bits per heavy atom. The number of guanidine groups is 1. The normalized spacial score (nSPS) is 25.8. The quantitative estimate of drug-likeness (QED) is 0.354. The number of aliphatic imine (C=N–C) groups is 1. The zero-order chi connectivity index (χ0) is 20.0. The van der Waals surface area contributed by atoms with Gasteiger partial charge in [-0.1, -0.05) is 44.2 Å². The number of ether oxygens (including phenoxy) is 1. The zero-order valence-electron chi connectivity index (χ0n) is 18.5. The summed E-state index contributed by atoms with van der Waals surface area (Å²) in [6, 6.07) is 11.0. The molecule has 3 unspecified atom stereocenters. The highest BCUT2D eigenvalue weighted by Crippen LogP contribution is 2.26. The minimum atomic E-state index is 0. The number of rotatable bonds is 5. The Labute approximate surface area is 194 Å². The van der Waals surface area contributed by atoms with Crippen molar-refractivity contribution in [1.82, 2.24) is 15.5 Å². The molecule has 5 nitrogen and oxygen atoms in total. The number of piperidine rings is 1. The smallest absolute Gasteiger partial charge is 0.193 e. The number of benzene rings is 1. The fourth-order valence-corrected chi connectivity index (χ4v) is 4.84. The second kappa shape index (κ2) is 11.5. The summed E-state index contributed by atoms with van der Waals surface area (Å²) < 4.78 is 5.68. The minimum absolute atomic E-state index is 0. The summed E-state index contributed by atoms with van der Waals surface area (Å²) in [5.41, 5.74) is 1.35. The lowest BCUT2D eigenvalue weighted by Gasteiger charge is -2.42. The van der Waals surface area contributed by atoms with Crippen LogP contribution in [0.3, 0.4) is 0 Å². The molecule has 6 heteroatoms. The number of hydrogen-bond donors (Lipinski definition) is 2. The van der Waals surface area contributed by atoms with Crippen molar-refractivity contribution in [2.75, 3.05) is 39.9 Å². The third-order valence-corrected chi connectivity index (χ3v) is 6.24. The van der Waals surface area contributed by atoms with Crippen molar-refractivity contribution in [1.29, 1.82) is 0 Å². The highest BCUT2D eigenvalue weighted by molar-refractivity contribution is 14.0. The van der Waals surface area contributed by atoms with Gasteiger partial charge in [-0.2, -0.15) is 0 Å². The van der Waals surface area contributed by atoms with Gasteiger partial charge in [0.25, 0.3) is 0 Å². The van der Waals surface area contributed by atoms with Crippen molar-refractivity contribution in [3.05, 3.63) is 35.9 Å². The van der Waals surface area contributed by atoms with Crippen LogP contribution in [0.15, 0.2) is 35.3 Å². The van der Waals surface area contributed by atoms with E-state index in [4.69, 9.17) is 4.74 Å². The summed E-state index contributed by atoms with van der Waals surface area (Å²) in [6.07, 6.45) is 3.34. The van der Waals surface area contributed by atoms with Crippen molar-refractivity contribution >= 4 is 29.9 Å². The van der Waals surface area contributed by atoms with E-state index in [1.165, 1.54) is 12.0 Å². The number of likely N-dealkylation sites (tertiary alicyclic amines) is 1. The fraction of sp³-hybridized carbons (Fsp3) is 0.696. The first-order valence-corrected chi connectivity index (χ1v) is 10.9. The summed E-state index contributed by atoms with van der Waals surface area (Å²) >= 11 is 0. The van der Waals surface area contributed by atoms with Gasteiger partial charge in [-0.05, 0) is 43.6 Å². The van der Waals surface area contributed by atoms with Crippen LogP contribution < -0.4 is 10.6 Å². The van der Waals surface area contributed by atoms with E-state index in [0.29, 0.717) is 6.04 Å². The molecule has 0 spiro atoms. The van der Waals surface area contributed by atoms with Crippen LogP contribution in [-0.4, -0.2) is 56.3 Å². The van der Waals surface area contributed by atoms with Gasteiger partial charge in [-0.3, -0.25) is 4.99 Å². The topological polar surface area (TPSA) is 48.9 Å². The molecule has 1 aromatic rings. The van der Waals surface area contributed by atoms with Crippen molar-refractivity contribution < 1.29 is 4.74 Å². The average molecular weight is 514 g/mol. The van der Waals surface area contributed by atoms with E-state index in [1.54, 1.807) is 0 Å². The molecule has 3 rings (SSSR count). The molecule has 0 aromatic heterocycles. The van der Waals surface area contributed by atoms with Crippen molar-refractivity contribution in [3.8, 4) is 0 Å². The molecular formula is C23H39IN4O. The lowest BCUT2D eigenvalue weighted by molar-refractivity contribution is 0.0351. The second-order valence-electron chi connectivity index (χ2n) is 8.92. The maximum absolute atomic E-state index is 5.68. The lowest BCUT2D eigenvalue weighted by Crippen LogP contribution is -2.59. The van der Waals surface area contributed by atoms with E-state index in [2.05, 4.69) is 71.6 Å². The predicted octanol–water partition coefficient (Wildman–Crippen LogP) is 4.06. The van der Waals surface area contributed by atoms with Crippen LogP contribution in [0.5, 0.6) is 0 Å². The predicted molar refractivity (Wildman–Crippen MR) is 132 cm³/mol. The number of nitrogens with one attached hydrogen (secondary N) is 2. The number of hydrogen-bond acceptors (Lipinski definition) is 3. The maximum atomic E-state index is 5.68. The molecule has 0 radical (unpaired) electrons. The number of nitrogens with zero attached hydrogens (tertiary/aromatic N) is 2. The highest BCUT2D eigenvalue weighted by Gasteiger charge is 2.35. The van der Waals surface area contributed by atoms with Gasteiger partial charge in [0, 0.05) is 51.5 Å². The van der Waals surface area contributed by atoms with Gasteiger partial charge in [0.2, 0.25) is 0 Å². The van der Waals surface area contributed by atoms with Crippen LogP contribution in [-0.2, 0) is 4.74 Å². The first-order valence-electron chi connectivity index (χ1n) is 10.9. The molecule has 0 saturated carbocycles. The zero-order valence-corrected chi connectivity index (χ0v) is 20.8. The van der Waals surface area contributed by atoms with Crippen molar-refractivity contribution in [3.63, 3.8) is 0 Å². The fourth-order valence-electron chi connectivity index (χ4n) is 4.84. The van der Waals surface area contributed by atoms with Crippen LogP contribution in [0.25, 0.3) is 0 Å². The summed E-state index contributed by atoms with van der Waals surface area (Å²) in [5.74, 6) is 2.48. The standard InChI is InChI=1S/C23H38N4O.HI/c1-18-14-19(2)16-27(15-18)22(24-4)25-17-23(10-12-28-13-11-23)26-20(3)21-8-6-5-7-9-21;/h5-9,18-20,26H,10-17H2,1-4H3,(H,24,25);1H. The van der Waals surface area contributed by atoms with Gasteiger partial charge in [0.05, 0.1) is 0 Å². The molecule has 164 valence electrons. The van der Waals surface area contributed by atoms with E-state index in [-0.39, 0.29) is 29.5 Å². The Morgan fingerprint density at radius 2 is 1.79 bits per heavy atom. The summed E-state index contributed by atoms with van der Waals surface area (Å²) in [7, 11) is 1.91. The second-order valence-corrected chi connectivity index (χ2v) is 8.92. The van der Waals surface area contributed by atoms with Crippen LogP contribution >= 0.6 is 24.0 Å². The Bertz CT molecular complexity index is 623. The highest BCUT2D eigenvalue weighted by atomic mass is 127. The Balaban J connectivity index is 0.00000300. The molecule has 29 heavy (non-hydrogen) atoms. The molecule has 2 fully saturated rings. The molecule has 2 N–H and O–H groups in total. The Hall–Kier alpha value is -0.860. The molecule has 0 bridgehead atoms. The van der Waals surface area contributed by atoms with E-state index in [1.807, 2.05) is 7.05 Å². The van der Waals surface area contributed by atoms with E-state index < -0.39 is 0 Å². The number of halogens is 1. The summed E-state index contributed by atoms with van der Waals surface area (Å²) in [6.45, 7) is 11.6. The Kier molecular flexibility index (Phi) is 9.69. The third-order valence-electron chi connectivity index (χ3n) is 6.24. The minimum Gasteiger partial charge on any atom is -0.381 e. The summed E-state index contributed by atoms with van der Waals surface area (Å²) in [4.78, 5) is 7.04. The Morgan fingerprint density at radius 1 is 1.17 bits per heavy atom. The molecule has 1 aromatic carbocycles. The van der Waals surface area contributed by atoms with Crippen LogP contribution in [0.2, 0.25) is 0 Å². The molecular weight excluding hydrogens is 475 g/mol. The molecule has 2 heterocycles. The average Bonchev–Trinajstić information content (AvgIpc) is 2.69. The van der Waals surface area contributed by atoms with Gasteiger partial charge in [-0.15, -0.1) is 24.0 Å². The third kappa shape index (κ3) is 6.82. The van der Waals surface area contributed by atoms with Gasteiger partial charge in [0.1, 0.15) is 0 Å². The SMILES string of the molecule is CN=C(NCC1(NC(C)c2ccccc2)CCOCC1)N1CC(C)CC(C)C1.I. The molecule has 0 aliphatic carbocycles. The van der Waals surface area contributed by atoms with Gasteiger partial charge in [0.15, 0.2) is 5.96 Å². The van der Waals surface area contributed by atoms with E-state index in [0.717, 1.165) is 63.5 Å². The maximum Gasteiger partial charge on any atom is 0.193 e. The van der Waals surface area contributed by atoms with Crippen LogP contribution in [0.1, 0.15) is 51.6 Å². The molecule has 2 aliphatic heterocycles.